The smallest absolute Gasteiger partial charge is 0.338 e. The van der Waals surface area contributed by atoms with Crippen molar-refractivity contribution in [2.45, 2.75) is 13.0 Å². The van der Waals surface area contributed by atoms with Crippen LogP contribution in [0.25, 0.3) is 11.3 Å². The molecule has 0 aliphatic carbocycles. The van der Waals surface area contributed by atoms with Gasteiger partial charge in [0.05, 0.1) is 11.3 Å². The molecule has 2 aromatic heterocycles. The number of likely N-dealkylation sites (N-methyl/N-ethyl adjacent to an activating group) is 1. The third kappa shape index (κ3) is 3.42. The lowest BCUT2D eigenvalue weighted by Gasteiger charge is -2.30. The fraction of sp³-hybridized carbons (Fsp3) is 0.412. The van der Waals surface area contributed by atoms with Crippen LogP contribution in [-0.4, -0.2) is 69.6 Å². The predicted octanol–water partition coefficient (Wildman–Crippen LogP) is 1.16. The molecule has 1 aliphatic heterocycles. The van der Waals surface area contributed by atoms with E-state index in [0.717, 1.165) is 37.3 Å². The minimum absolute atomic E-state index is 0.287. The molecule has 0 fully saturated rings. The summed E-state index contributed by atoms with van der Waals surface area (Å²) in [5, 5.41) is 9.72. The van der Waals surface area contributed by atoms with E-state index >= 15 is 0 Å². The number of aromatic nitrogens is 3. The average molecular weight is 327 g/mol. The number of pyridine rings is 1. The van der Waals surface area contributed by atoms with Crippen molar-refractivity contribution in [1.82, 2.24) is 24.8 Å². The fourth-order valence-electron chi connectivity index (χ4n) is 3.00. The second kappa shape index (κ2) is 7.02. The van der Waals surface area contributed by atoms with Crippen LogP contribution in [0.3, 0.4) is 0 Å². The van der Waals surface area contributed by atoms with Gasteiger partial charge in [-0.25, -0.2) is 14.8 Å². The third-order valence-corrected chi connectivity index (χ3v) is 4.26. The van der Waals surface area contributed by atoms with Gasteiger partial charge < -0.3 is 10.0 Å². The largest absolute Gasteiger partial charge is 0.478 e. The number of nitrogens with zero attached hydrogens (tertiary/aromatic N) is 5. The second-order valence-corrected chi connectivity index (χ2v) is 6.25. The highest BCUT2D eigenvalue weighted by atomic mass is 16.4. The molecule has 1 aliphatic rings. The number of carboxylic acids is 1. The highest BCUT2D eigenvalue weighted by molar-refractivity contribution is 5.96. The van der Waals surface area contributed by atoms with E-state index < -0.39 is 5.97 Å². The Bertz CT molecular complexity index is 733. The van der Waals surface area contributed by atoms with Gasteiger partial charge in [-0.2, -0.15) is 0 Å². The van der Waals surface area contributed by atoms with Crippen LogP contribution in [0.15, 0.2) is 24.9 Å². The van der Waals surface area contributed by atoms with Crippen LogP contribution in [0, 0.1) is 0 Å². The van der Waals surface area contributed by atoms with E-state index in [-0.39, 0.29) is 5.56 Å². The van der Waals surface area contributed by atoms with Crippen LogP contribution in [0.2, 0.25) is 0 Å². The normalized spacial score (nSPS) is 14.6. The first-order valence-corrected chi connectivity index (χ1v) is 7.92. The van der Waals surface area contributed by atoms with Gasteiger partial charge in [0.15, 0.2) is 0 Å². The topological polar surface area (TPSA) is 82.5 Å². The lowest BCUT2D eigenvalue weighted by atomic mass is 9.93. The summed E-state index contributed by atoms with van der Waals surface area (Å²) in [5.41, 5.74) is 3.25. The number of rotatable bonds is 5. The quantitative estimate of drug-likeness (QED) is 0.882. The zero-order valence-corrected chi connectivity index (χ0v) is 13.9. The van der Waals surface area contributed by atoms with Crippen LogP contribution >= 0.6 is 0 Å². The summed E-state index contributed by atoms with van der Waals surface area (Å²) in [5.74, 6) is -0.944. The maximum absolute atomic E-state index is 11.9. The van der Waals surface area contributed by atoms with E-state index in [2.05, 4.69) is 38.8 Å². The third-order valence-electron chi connectivity index (χ3n) is 4.26. The van der Waals surface area contributed by atoms with E-state index in [0.29, 0.717) is 17.7 Å². The molecule has 0 saturated heterocycles. The molecule has 0 bridgehead atoms. The van der Waals surface area contributed by atoms with Crippen LogP contribution in [0.5, 0.6) is 0 Å². The standard InChI is InChI=1S/C17H21N5O2/c1-21(2)5-6-22-4-3-14-13(10-22)9-20-16(15(14)17(23)24)12-7-18-11-19-8-12/h7-9,11H,3-6,10H2,1-2H3,(H,23,24). The van der Waals surface area contributed by atoms with Gasteiger partial charge in [-0.15, -0.1) is 0 Å². The van der Waals surface area contributed by atoms with Crippen LogP contribution in [0.1, 0.15) is 21.5 Å². The van der Waals surface area contributed by atoms with Crippen molar-refractivity contribution in [2.24, 2.45) is 0 Å². The second-order valence-electron chi connectivity index (χ2n) is 6.25. The Morgan fingerprint density at radius 1 is 1.29 bits per heavy atom. The van der Waals surface area contributed by atoms with E-state index in [1.807, 2.05) is 0 Å². The molecule has 0 spiro atoms. The van der Waals surface area contributed by atoms with Gasteiger partial charge in [-0.1, -0.05) is 0 Å². The average Bonchev–Trinajstić information content (AvgIpc) is 2.59. The van der Waals surface area contributed by atoms with Gasteiger partial charge in [0, 0.05) is 50.3 Å². The van der Waals surface area contributed by atoms with Crippen LogP contribution in [-0.2, 0) is 13.0 Å². The first kappa shape index (κ1) is 16.5. The molecule has 2 aromatic rings. The Labute approximate surface area is 141 Å². The Morgan fingerprint density at radius 3 is 2.71 bits per heavy atom. The maximum Gasteiger partial charge on any atom is 0.338 e. The number of carboxylic acid groups (broad SMARTS) is 1. The van der Waals surface area contributed by atoms with Gasteiger partial charge in [-0.3, -0.25) is 9.88 Å². The van der Waals surface area contributed by atoms with Crippen LogP contribution < -0.4 is 0 Å². The molecule has 0 unspecified atom stereocenters. The molecule has 1 N–H and O–H groups in total. The van der Waals surface area contributed by atoms with Crippen molar-refractivity contribution < 1.29 is 9.90 Å². The summed E-state index contributed by atoms with van der Waals surface area (Å²) in [6.45, 7) is 3.54. The van der Waals surface area contributed by atoms with Crippen molar-refractivity contribution in [2.75, 3.05) is 33.7 Å². The van der Waals surface area contributed by atoms with E-state index in [9.17, 15) is 9.90 Å². The van der Waals surface area contributed by atoms with E-state index in [4.69, 9.17) is 0 Å². The summed E-state index contributed by atoms with van der Waals surface area (Å²) in [6.07, 6.45) is 7.13. The Morgan fingerprint density at radius 2 is 2.04 bits per heavy atom. The number of aromatic carboxylic acids is 1. The molecule has 0 saturated carbocycles. The maximum atomic E-state index is 11.9. The zero-order chi connectivity index (χ0) is 17.1. The Kier molecular flexibility index (Phi) is 4.82. The van der Waals surface area contributed by atoms with E-state index in [1.165, 1.54) is 6.33 Å². The SMILES string of the molecule is CN(C)CCN1CCc2c(cnc(-c3cncnc3)c2C(=O)O)C1. The van der Waals surface area contributed by atoms with Gasteiger partial charge in [0.2, 0.25) is 0 Å². The molecular formula is C17H21N5O2. The lowest BCUT2D eigenvalue weighted by molar-refractivity contribution is 0.0695. The van der Waals surface area contributed by atoms with Crippen molar-refractivity contribution in [3.8, 4) is 11.3 Å². The number of fused-ring (bicyclic) bond motifs is 1. The summed E-state index contributed by atoms with van der Waals surface area (Å²) in [6, 6.07) is 0. The molecule has 3 heterocycles. The first-order chi connectivity index (χ1) is 11.6. The molecule has 0 aromatic carbocycles. The van der Waals surface area contributed by atoms with Crippen molar-refractivity contribution in [3.05, 3.63) is 41.6 Å². The summed E-state index contributed by atoms with van der Waals surface area (Å²) < 4.78 is 0. The summed E-state index contributed by atoms with van der Waals surface area (Å²) >= 11 is 0. The highest BCUT2D eigenvalue weighted by Gasteiger charge is 2.25. The van der Waals surface area contributed by atoms with Gasteiger partial charge in [0.25, 0.3) is 0 Å². The summed E-state index contributed by atoms with van der Waals surface area (Å²) in [4.78, 5) is 28.7. The van der Waals surface area contributed by atoms with Gasteiger partial charge >= 0.3 is 5.97 Å². The predicted molar refractivity (Wildman–Crippen MR) is 89.8 cm³/mol. The van der Waals surface area contributed by atoms with E-state index in [1.54, 1.807) is 18.6 Å². The molecule has 0 atom stereocenters. The van der Waals surface area contributed by atoms with Gasteiger partial charge in [0.1, 0.15) is 6.33 Å². The number of carbonyl (C=O) groups is 1. The molecule has 3 rings (SSSR count). The number of hydrogen-bond donors (Lipinski definition) is 1. The Hall–Kier alpha value is -2.38. The lowest BCUT2D eigenvalue weighted by Crippen LogP contribution is -2.36. The van der Waals surface area contributed by atoms with Crippen molar-refractivity contribution in [1.29, 1.82) is 0 Å². The zero-order valence-electron chi connectivity index (χ0n) is 13.9. The fourth-order valence-corrected chi connectivity index (χ4v) is 3.00. The molecule has 24 heavy (non-hydrogen) atoms. The molecule has 126 valence electrons. The molecule has 0 radical (unpaired) electrons. The molecular weight excluding hydrogens is 306 g/mol. The molecule has 0 amide bonds. The monoisotopic (exact) mass is 327 g/mol. The molecule has 7 heteroatoms. The molecule has 7 nitrogen and oxygen atoms in total. The van der Waals surface area contributed by atoms with Crippen molar-refractivity contribution >= 4 is 5.97 Å². The highest BCUT2D eigenvalue weighted by Crippen LogP contribution is 2.29. The van der Waals surface area contributed by atoms with Crippen LogP contribution in [0.4, 0.5) is 0 Å². The summed E-state index contributed by atoms with van der Waals surface area (Å²) in [7, 11) is 4.10. The minimum Gasteiger partial charge on any atom is -0.478 e. The van der Waals surface area contributed by atoms with Crippen molar-refractivity contribution in [3.63, 3.8) is 0 Å². The number of hydrogen-bond acceptors (Lipinski definition) is 6. The Balaban J connectivity index is 1.94. The minimum atomic E-state index is -0.944. The van der Waals surface area contributed by atoms with Gasteiger partial charge in [-0.05, 0) is 31.6 Å². The first-order valence-electron chi connectivity index (χ1n) is 7.92.